The highest BCUT2D eigenvalue weighted by atomic mass is 16.5. The van der Waals surface area contributed by atoms with Crippen LogP contribution in [-0.4, -0.2) is 37.8 Å². The van der Waals surface area contributed by atoms with Crippen LogP contribution in [-0.2, 0) is 4.74 Å². The van der Waals surface area contributed by atoms with Crippen molar-refractivity contribution in [3.63, 3.8) is 0 Å². The first kappa shape index (κ1) is 16.9. The van der Waals surface area contributed by atoms with E-state index in [1.807, 2.05) is 13.1 Å². The van der Waals surface area contributed by atoms with E-state index in [1.54, 1.807) is 0 Å². The van der Waals surface area contributed by atoms with Crippen molar-refractivity contribution in [3.8, 4) is 0 Å². The summed E-state index contributed by atoms with van der Waals surface area (Å²) in [6.45, 7) is 12.9. The minimum Gasteiger partial charge on any atom is -0.380 e. The Kier molecular flexibility index (Phi) is 8.23. The van der Waals surface area contributed by atoms with E-state index < -0.39 is 0 Å². The fourth-order valence-electron chi connectivity index (χ4n) is 2.28. The van der Waals surface area contributed by atoms with Crippen LogP contribution in [0.25, 0.3) is 0 Å². The molecule has 114 valence electrons. The molecule has 0 amide bonds. The highest BCUT2D eigenvalue weighted by Crippen LogP contribution is 2.18. The Hall–Kier alpha value is -1.13. The molecule has 0 spiro atoms. The van der Waals surface area contributed by atoms with Crippen LogP contribution in [0.2, 0.25) is 0 Å². The largest absolute Gasteiger partial charge is 0.380 e. The maximum Gasteiger partial charge on any atom is 0.0641 e. The van der Waals surface area contributed by atoms with Crippen LogP contribution < -0.4 is 10.2 Å². The molecule has 1 aromatic heterocycles. The van der Waals surface area contributed by atoms with Gasteiger partial charge in [-0.15, -0.1) is 0 Å². The molecule has 0 radical (unpaired) electrons. The number of likely N-dealkylation sites (N-methyl/N-ethyl adjacent to an activating group) is 1. The smallest absolute Gasteiger partial charge is 0.0641 e. The van der Waals surface area contributed by atoms with E-state index >= 15 is 0 Å². The monoisotopic (exact) mass is 279 g/mol. The van der Waals surface area contributed by atoms with E-state index in [4.69, 9.17) is 4.74 Å². The van der Waals surface area contributed by atoms with Gasteiger partial charge >= 0.3 is 0 Å². The zero-order valence-corrected chi connectivity index (χ0v) is 13.4. The molecule has 0 fully saturated rings. The van der Waals surface area contributed by atoms with Crippen LogP contribution in [0.4, 0.5) is 5.69 Å². The summed E-state index contributed by atoms with van der Waals surface area (Å²) >= 11 is 0. The van der Waals surface area contributed by atoms with E-state index in [0.29, 0.717) is 6.04 Å². The molecule has 4 nitrogen and oxygen atoms in total. The maximum atomic E-state index is 5.43. The van der Waals surface area contributed by atoms with Crippen molar-refractivity contribution in [1.82, 2.24) is 10.3 Å². The molecule has 20 heavy (non-hydrogen) atoms. The number of hydrogen-bond donors (Lipinski definition) is 1. The van der Waals surface area contributed by atoms with Crippen LogP contribution in [0.15, 0.2) is 18.3 Å². The van der Waals surface area contributed by atoms with Gasteiger partial charge in [-0.2, -0.15) is 0 Å². The molecule has 1 heterocycles. The summed E-state index contributed by atoms with van der Waals surface area (Å²) < 4.78 is 5.43. The third-order valence-corrected chi connectivity index (χ3v) is 3.44. The summed E-state index contributed by atoms with van der Waals surface area (Å²) in [5.41, 5.74) is 2.29. The van der Waals surface area contributed by atoms with Crippen molar-refractivity contribution in [1.29, 1.82) is 0 Å². The first-order valence-electron chi connectivity index (χ1n) is 7.78. The highest BCUT2D eigenvalue weighted by Gasteiger charge is 2.10. The minimum absolute atomic E-state index is 0.354. The number of rotatable bonds is 10. The van der Waals surface area contributed by atoms with E-state index in [-0.39, 0.29) is 0 Å². The standard InChI is InChI=1S/C16H29N3O/c1-5-15(17-6-2)16-10-9-14(13-18-16)19(7-3)11-12-20-8-4/h9-10,13,15,17H,5-8,11-12H2,1-4H3. The van der Waals surface area contributed by atoms with Gasteiger partial charge in [0, 0.05) is 25.7 Å². The molecule has 0 aliphatic rings. The normalized spacial score (nSPS) is 12.4. The van der Waals surface area contributed by atoms with Crippen molar-refractivity contribution in [3.05, 3.63) is 24.0 Å². The Morgan fingerprint density at radius 2 is 2.05 bits per heavy atom. The molecule has 0 bridgehead atoms. The fraction of sp³-hybridized carbons (Fsp3) is 0.688. The number of hydrogen-bond acceptors (Lipinski definition) is 4. The van der Waals surface area contributed by atoms with E-state index in [1.165, 1.54) is 5.69 Å². The summed E-state index contributed by atoms with van der Waals surface area (Å²) in [5.74, 6) is 0. The number of nitrogens with zero attached hydrogens (tertiary/aromatic N) is 2. The van der Waals surface area contributed by atoms with Gasteiger partial charge in [0.05, 0.1) is 24.2 Å². The summed E-state index contributed by atoms with van der Waals surface area (Å²) in [6, 6.07) is 4.65. The SMILES string of the molecule is CCNC(CC)c1ccc(N(CC)CCOCC)cn1. The number of ether oxygens (including phenoxy) is 1. The molecule has 1 rings (SSSR count). The maximum absolute atomic E-state index is 5.43. The Morgan fingerprint density at radius 3 is 2.55 bits per heavy atom. The summed E-state index contributed by atoms with van der Waals surface area (Å²) in [6.07, 6.45) is 3.03. The molecular weight excluding hydrogens is 250 g/mol. The molecule has 1 N–H and O–H groups in total. The van der Waals surface area contributed by atoms with Gasteiger partial charge in [-0.1, -0.05) is 13.8 Å². The molecule has 0 aliphatic heterocycles. The molecule has 0 saturated heterocycles. The molecule has 1 unspecified atom stereocenters. The van der Waals surface area contributed by atoms with Crippen molar-refractivity contribution in [2.24, 2.45) is 0 Å². The zero-order valence-electron chi connectivity index (χ0n) is 13.4. The first-order valence-corrected chi connectivity index (χ1v) is 7.78. The Bertz CT molecular complexity index is 353. The minimum atomic E-state index is 0.354. The quantitative estimate of drug-likeness (QED) is 0.668. The second kappa shape index (κ2) is 9.72. The van der Waals surface area contributed by atoms with Gasteiger partial charge in [-0.05, 0) is 38.9 Å². The van der Waals surface area contributed by atoms with Crippen LogP contribution in [0, 0.1) is 0 Å². The molecule has 0 aromatic carbocycles. The van der Waals surface area contributed by atoms with Gasteiger partial charge < -0.3 is 15.0 Å². The molecular formula is C16H29N3O. The Labute approximate surface area is 123 Å². The van der Waals surface area contributed by atoms with Gasteiger partial charge in [0.15, 0.2) is 0 Å². The Balaban J connectivity index is 2.67. The lowest BCUT2D eigenvalue weighted by molar-refractivity contribution is 0.154. The lowest BCUT2D eigenvalue weighted by atomic mass is 10.1. The molecule has 1 aromatic rings. The third-order valence-electron chi connectivity index (χ3n) is 3.44. The molecule has 4 heteroatoms. The average molecular weight is 279 g/mol. The van der Waals surface area contributed by atoms with Gasteiger partial charge in [-0.3, -0.25) is 4.98 Å². The predicted molar refractivity (Wildman–Crippen MR) is 85.3 cm³/mol. The van der Waals surface area contributed by atoms with Crippen molar-refractivity contribution in [2.45, 2.75) is 40.2 Å². The first-order chi connectivity index (χ1) is 9.76. The van der Waals surface area contributed by atoms with E-state index in [0.717, 1.165) is 45.0 Å². The summed E-state index contributed by atoms with van der Waals surface area (Å²) in [5, 5.41) is 3.46. The molecule has 0 aliphatic carbocycles. The topological polar surface area (TPSA) is 37.4 Å². The van der Waals surface area contributed by atoms with Crippen LogP contribution >= 0.6 is 0 Å². The van der Waals surface area contributed by atoms with Crippen LogP contribution in [0.3, 0.4) is 0 Å². The second-order valence-corrected chi connectivity index (χ2v) is 4.74. The fourth-order valence-corrected chi connectivity index (χ4v) is 2.28. The van der Waals surface area contributed by atoms with Gasteiger partial charge in [0.25, 0.3) is 0 Å². The summed E-state index contributed by atoms with van der Waals surface area (Å²) in [7, 11) is 0. The zero-order chi connectivity index (χ0) is 14.8. The molecule has 1 atom stereocenters. The van der Waals surface area contributed by atoms with Crippen LogP contribution in [0.5, 0.6) is 0 Å². The van der Waals surface area contributed by atoms with Gasteiger partial charge in [0.1, 0.15) is 0 Å². The van der Waals surface area contributed by atoms with Crippen molar-refractivity contribution >= 4 is 5.69 Å². The molecule has 0 saturated carbocycles. The lowest BCUT2D eigenvalue weighted by Crippen LogP contribution is -2.27. The number of anilines is 1. The number of pyridine rings is 1. The van der Waals surface area contributed by atoms with Crippen molar-refractivity contribution in [2.75, 3.05) is 37.7 Å². The summed E-state index contributed by atoms with van der Waals surface area (Å²) in [4.78, 5) is 6.91. The van der Waals surface area contributed by atoms with Gasteiger partial charge in [0.2, 0.25) is 0 Å². The van der Waals surface area contributed by atoms with Crippen molar-refractivity contribution < 1.29 is 4.74 Å². The van der Waals surface area contributed by atoms with E-state index in [9.17, 15) is 0 Å². The van der Waals surface area contributed by atoms with Crippen LogP contribution in [0.1, 0.15) is 45.9 Å². The lowest BCUT2D eigenvalue weighted by Gasteiger charge is -2.23. The number of aromatic nitrogens is 1. The second-order valence-electron chi connectivity index (χ2n) is 4.74. The Morgan fingerprint density at radius 1 is 1.25 bits per heavy atom. The third kappa shape index (κ3) is 5.10. The average Bonchev–Trinajstić information content (AvgIpc) is 2.50. The van der Waals surface area contributed by atoms with Gasteiger partial charge in [-0.25, -0.2) is 0 Å². The number of nitrogens with one attached hydrogen (secondary N) is 1. The predicted octanol–water partition coefficient (Wildman–Crippen LogP) is 3.01. The van der Waals surface area contributed by atoms with E-state index in [2.05, 4.69) is 48.1 Å². The highest BCUT2D eigenvalue weighted by molar-refractivity contribution is 5.44.